The third kappa shape index (κ3) is 17.7. The van der Waals surface area contributed by atoms with E-state index in [-0.39, 0.29) is 77.7 Å². The van der Waals surface area contributed by atoms with E-state index in [1.54, 1.807) is 11.8 Å². The van der Waals surface area contributed by atoms with Crippen molar-refractivity contribution in [3.63, 3.8) is 0 Å². The molecule has 0 aromatic heterocycles. The van der Waals surface area contributed by atoms with Crippen LogP contribution in [0.4, 0.5) is 4.79 Å². The molecule has 1 aliphatic heterocycles. The number of carbonyl (C=O) groups is 9. The Morgan fingerprint density at radius 2 is 1.38 bits per heavy atom. The number of carboxylic acid groups (broad SMARTS) is 1. The van der Waals surface area contributed by atoms with Crippen molar-refractivity contribution in [1.82, 2.24) is 26.6 Å². The van der Waals surface area contributed by atoms with E-state index in [1.165, 1.54) is 50.3 Å². The maximum atomic E-state index is 14.1. The lowest BCUT2D eigenvalue weighted by Gasteiger charge is -2.42. The molecule has 4 unspecified atom stereocenters. The molecule has 3 aliphatic carbocycles. The molecule has 97 heavy (non-hydrogen) atoms. The van der Waals surface area contributed by atoms with Gasteiger partial charge in [-0.3, -0.25) is 33.6 Å². The van der Waals surface area contributed by atoms with Gasteiger partial charge < -0.3 is 102 Å². The number of benzene rings is 4. The minimum absolute atomic E-state index is 0.000365. The summed E-state index contributed by atoms with van der Waals surface area (Å²) in [5.41, 5.74) is 0.0536. The van der Waals surface area contributed by atoms with Crippen LogP contribution in [0, 0.1) is 5.92 Å². The van der Waals surface area contributed by atoms with Crippen molar-refractivity contribution >= 4 is 86.4 Å². The van der Waals surface area contributed by atoms with Gasteiger partial charge in [0, 0.05) is 96.7 Å². The molecule has 0 saturated carbocycles. The van der Waals surface area contributed by atoms with Crippen molar-refractivity contribution in [2.75, 3.05) is 63.0 Å². The first-order chi connectivity index (χ1) is 46.2. The second kappa shape index (κ2) is 33.9. The lowest BCUT2D eigenvalue weighted by atomic mass is 9.72. The SMILES string of the molecule is COc1cccc2c1C(=O)c1c(O)c3c(c(O)c1C2=O)C[C@@](O)(C(=O)CO)C[C@@H]3OC1CC(NC(=O)OCCSSC[C@H](NC(=O)[C@H](CNC(=O)CCSCC2c3ccccc3-c3ccccc32)NC(=O)[C@@H](C)CCC(=O)NC[C@H](O)[C@@H](O)[C@H](O)[C@H](O)CO)C(=O)O)C(O)C(C)O1. The third-order valence-electron chi connectivity index (χ3n) is 17.3. The molecule has 13 atom stereocenters. The second-order valence-electron chi connectivity index (χ2n) is 23.8. The van der Waals surface area contributed by atoms with Crippen molar-refractivity contribution < 1.29 is 118 Å². The first-order valence-corrected chi connectivity index (χ1v) is 34.7. The van der Waals surface area contributed by atoms with Crippen molar-refractivity contribution in [1.29, 1.82) is 0 Å². The predicted molar refractivity (Wildman–Crippen MR) is 350 cm³/mol. The molecule has 1 saturated heterocycles. The Bertz CT molecular complexity index is 3540. The quantitative estimate of drug-likeness (QED) is 0.0152. The Labute approximate surface area is 568 Å². The molecule has 0 spiro atoms. The van der Waals surface area contributed by atoms with Gasteiger partial charge in [-0.05, 0) is 41.7 Å². The number of methoxy groups -OCH3 is 1. The number of phenols is 2. The van der Waals surface area contributed by atoms with E-state index < -0.39 is 193 Å². The van der Waals surface area contributed by atoms with Crippen LogP contribution in [0.1, 0.15) is 112 Å². The number of aliphatic hydroxyl groups excluding tert-OH is 7. The molecule has 0 radical (unpaired) electrons. The number of aromatic hydroxyl groups is 2. The minimum Gasteiger partial charge on any atom is -0.507 e. The highest BCUT2D eigenvalue weighted by molar-refractivity contribution is 8.76. The highest BCUT2D eigenvalue weighted by Crippen LogP contribution is 2.53. The van der Waals surface area contributed by atoms with Crippen LogP contribution < -0.4 is 31.3 Å². The van der Waals surface area contributed by atoms with Crippen molar-refractivity contribution in [2.24, 2.45) is 5.92 Å². The number of alkyl carbamates (subject to hydrolysis) is 1. The molecule has 16 N–H and O–H groups in total. The lowest BCUT2D eigenvalue weighted by molar-refractivity contribution is -0.249. The summed E-state index contributed by atoms with van der Waals surface area (Å²) in [5, 5.41) is 128. The van der Waals surface area contributed by atoms with E-state index in [1.807, 2.05) is 24.3 Å². The highest BCUT2D eigenvalue weighted by Gasteiger charge is 2.51. The number of amides is 5. The number of carboxylic acids is 1. The van der Waals surface area contributed by atoms with Crippen LogP contribution in [-0.4, -0.2) is 239 Å². The number of ketones is 3. The molecule has 4 aromatic carbocycles. The molecule has 4 aromatic rings. The second-order valence-corrected chi connectivity index (χ2v) is 27.6. The van der Waals surface area contributed by atoms with Crippen molar-refractivity contribution in [2.45, 2.75) is 131 Å². The summed E-state index contributed by atoms with van der Waals surface area (Å²) in [6, 6.07) is 16.2. The molecule has 8 rings (SSSR count). The van der Waals surface area contributed by atoms with Crippen LogP contribution in [0.5, 0.6) is 17.2 Å². The zero-order chi connectivity index (χ0) is 70.6. The van der Waals surface area contributed by atoms with Crippen LogP contribution in [0.15, 0.2) is 66.7 Å². The lowest BCUT2D eigenvalue weighted by Crippen LogP contribution is -2.56. The molecule has 526 valence electrons. The van der Waals surface area contributed by atoms with Crippen LogP contribution in [0.2, 0.25) is 0 Å². The highest BCUT2D eigenvalue weighted by atomic mass is 33.1. The smallest absolute Gasteiger partial charge is 0.407 e. The average Bonchev–Trinajstić information content (AvgIpc) is 1.37. The van der Waals surface area contributed by atoms with Gasteiger partial charge >= 0.3 is 12.1 Å². The summed E-state index contributed by atoms with van der Waals surface area (Å²) in [6.45, 7) is -0.499. The summed E-state index contributed by atoms with van der Waals surface area (Å²) in [4.78, 5) is 120. The van der Waals surface area contributed by atoms with Gasteiger partial charge in [0.25, 0.3) is 0 Å². The van der Waals surface area contributed by atoms with Gasteiger partial charge in [0.2, 0.25) is 29.4 Å². The van der Waals surface area contributed by atoms with Gasteiger partial charge in [-0.15, -0.1) is 0 Å². The number of ether oxygens (including phenoxy) is 4. The Morgan fingerprint density at radius 3 is 2.04 bits per heavy atom. The number of hydrogen-bond acceptors (Lipinski definition) is 26. The van der Waals surface area contributed by atoms with Gasteiger partial charge in [-0.2, -0.15) is 11.8 Å². The van der Waals surface area contributed by atoms with Crippen LogP contribution in [0.3, 0.4) is 0 Å². The minimum atomic E-state index is -2.45. The number of aliphatic carboxylic acids is 1. The zero-order valence-corrected chi connectivity index (χ0v) is 55.4. The average molecular weight is 1410 g/mol. The summed E-state index contributed by atoms with van der Waals surface area (Å²) in [5.74, 6) is -8.86. The number of thioether (sulfide) groups is 1. The normalized spacial score (nSPS) is 21.5. The van der Waals surface area contributed by atoms with Crippen LogP contribution in [-0.2, 0) is 49.4 Å². The summed E-state index contributed by atoms with van der Waals surface area (Å²) in [6.07, 6.45) is -16.0. The number of fused-ring (bicyclic) bond motifs is 6. The van der Waals surface area contributed by atoms with E-state index in [0.717, 1.165) is 32.7 Å². The number of nitrogens with one attached hydrogen (secondary N) is 5. The van der Waals surface area contributed by atoms with E-state index >= 15 is 0 Å². The monoisotopic (exact) mass is 1410 g/mol. The van der Waals surface area contributed by atoms with Gasteiger partial charge in [-0.25, -0.2) is 9.59 Å². The zero-order valence-electron chi connectivity index (χ0n) is 52.9. The Balaban J connectivity index is 0.837. The largest absolute Gasteiger partial charge is 0.507 e. The number of aliphatic hydroxyl groups is 8. The summed E-state index contributed by atoms with van der Waals surface area (Å²) < 4.78 is 22.9. The topological polar surface area (TPSA) is 473 Å². The predicted octanol–water partition coefficient (Wildman–Crippen LogP) is 0.225. The maximum Gasteiger partial charge on any atom is 0.407 e. The maximum absolute atomic E-state index is 14.1. The van der Waals surface area contributed by atoms with E-state index in [9.17, 15) is 94.2 Å². The van der Waals surface area contributed by atoms with E-state index in [2.05, 4.69) is 50.8 Å². The molecule has 0 bridgehead atoms. The molecular weight excluding hydrogens is 1330 g/mol. The molecule has 1 fully saturated rings. The van der Waals surface area contributed by atoms with Crippen LogP contribution in [0.25, 0.3) is 11.1 Å². The Kier molecular flexibility index (Phi) is 26.3. The Morgan fingerprint density at radius 1 is 0.753 bits per heavy atom. The molecule has 4 aliphatic rings. The fraction of sp³-hybridized carbons (Fsp3) is 0.492. The summed E-state index contributed by atoms with van der Waals surface area (Å²) >= 11 is 1.56. The number of Topliss-reactive ketones (excluding diaryl/α,β-unsaturated/α-hetero) is 1. The molecule has 1 heterocycles. The number of hydrogen-bond donors (Lipinski definition) is 16. The molecular formula is C65H79N5O24S3. The fourth-order valence-corrected chi connectivity index (χ4v) is 15.0. The molecule has 5 amide bonds. The standard InChI is InChI=1S/C65H79N5O24S3/c1-30(15-16-47(76)67-25-42(73)57(81)58(82)43(74)26-71)61(85)68-40(24-66-48(77)17-19-95-28-38-34-11-6-4-9-32(34)33-10-5-7-12-35(33)38)62(86)69-41(63(87)88)29-97-96-20-18-92-64(89)70-39-21-49(93-31(2)54(39)78)94-45-23-65(90,46(75)27-72)22-37-51(45)60(84)53-52(56(37)80)55(79)36-13-8-14-44(91-3)50(36)59(53)83/h4-14,30-31,38-43,45,49,54,57-58,71-74,78,80-82,84,90H,15-29H2,1-3H3,(H,66,77)(H,67,76)(H,68,85)(H,69,86)(H,70,89)(H,87,88)/t30-,31?,39?,40-,41-,42-,43+,45-,49?,54?,57+,58+,65-/m0/s1. The number of phenolic OH excluding ortho intramolecular Hbond substituents is 2. The fourth-order valence-electron chi connectivity index (χ4n) is 11.9. The molecule has 32 heteroatoms. The van der Waals surface area contributed by atoms with E-state index in [0.29, 0.717) is 11.5 Å². The molecule has 29 nitrogen and oxygen atoms in total. The Hall–Kier alpha value is -7.44. The van der Waals surface area contributed by atoms with Crippen molar-refractivity contribution in [3.8, 4) is 28.4 Å². The van der Waals surface area contributed by atoms with Gasteiger partial charge in [0.05, 0.1) is 54.8 Å². The number of rotatable bonds is 33. The van der Waals surface area contributed by atoms with Crippen molar-refractivity contribution in [3.05, 3.63) is 111 Å². The van der Waals surface area contributed by atoms with E-state index in [4.69, 9.17) is 24.1 Å². The first-order valence-electron chi connectivity index (χ1n) is 31.1. The summed E-state index contributed by atoms with van der Waals surface area (Å²) in [7, 11) is 3.29. The van der Waals surface area contributed by atoms with Gasteiger partial charge in [0.1, 0.15) is 72.6 Å². The first kappa shape index (κ1) is 75.3. The third-order valence-corrected chi connectivity index (χ3v) is 20.8. The number of carbonyl (C=O) groups excluding carboxylic acids is 8. The van der Waals surface area contributed by atoms with Crippen LogP contribution >= 0.6 is 33.3 Å². The van der Waals surface area contributed by atoms with Gasteiger partial charge in [-0.1, -0.05) is 89.2 Å². The van der Waals surface area contributed by atoms with Gasteiger partial charge in [0.15, 0.2) is 17.9 Å².